The van der Waals surface area contributed by atoms with Gasteiger partial charge in [-0.25, -0.2) is 4.98 Å². The second-order valence-electron chi connectivity index (χ2n) is 6.90. The predicted octanol–water partition coefficient (Wildman–Crippen LogP) is 0.884. The van der Waals surface area contributed by atoms with Gasteiger partial charge in [-0.1, -0.05) is 6.07 Å². The maximum atomic E-state index is 13.1. The van der Waals surface area contributed by atoms with Gasteiger partial charge in [0.1, 0.15) is 11.2 Å². The first-order valence-electron chi connectivity index (χ1n) is 9.27. The standard InChI is InChI=1S/C19H25N5O3.ClH/c1-13-5-6-16-21-11-15(19(27)24(16)12-13)18(26)23-9-3-2-4-14(23)10-22-17(25)7-8-20;/h5-6,11-12,14H,2-4,7-10,20H2,1H3,(H,22,25);1H. The second kappa shape index (κ2) is 9.66. The van der Waals surface area contributed by atoms with Crippen molar-refractivity contribution in [2.45, 2.75) is 38.6 Å². The molecular weight excluding hydrogens is 382 g/mol. The number of halogens is 1. The first kappa shape index (κ1) is 21.8. The van der Waals surface area contributed by atoms with Crippen molar-refractivity contribution < 1.29 is 9.59 Å². The number of piperidine rings is 1. The van der Waals surface area contributed by atoms with Crippen molar-refractivity contribution in [3.63, 3.8) is 0 Å². The highest BCUT2D eigenvalue weighted by atomic mass is 35.5. The lowest BCUT2D eigenvalue weighted by Gasteiger charge is -2.35. The maximum absolute atomic E-state index is 13.1. The number of rotatable bonds is 5. The molecule has 0 saturated carbocycles. The molecule has 8 nitrogen and oxygen atoms in total. The fourth-order valence-corrected chi connectivity index (χ4v) is 3.42. The van der Waals surface area contributed by atoms with Crippen molar-refractivity contribution in [1.82, 2.24) is 19.6 Å². The molecule has 0 radical (unpaired) electrons. The van der Waals surface area contributed by atoms with Crippen molar-refractivity contribution in [2.24, 2.45) is 5.73 Å². The zero-order valence-electron chi connectivity index (χ0n) is 15.9. The van der Waals surface area contributed by atoms with E-state index in [1.165, 1.54) is 10.6 Å². The number of amides is 2. The predicted molar refractivity (Wildman–Crippen MR) is 109 cm³/mol. The van der Waals surface area contributed by atoms with Gasteiger partial charge in [-0.3, -0.25) is 18.8 Å². The average Bonchev–Trinajstić information content (AvgIpc) is 2.67. The summed E-state index contributed by atoms with van der Waals surface area (Å²) in [5, 5.41) is 2.83. The minimum Gasteiger partial charge on any atom is -0.354 e. The number of likely N-dealkylation sites (tertiary alicyclic amines) is 1. The number of hydrogen-bond donors (Lipinski definition) is 2. The SMILES string of the molecule is Cc1ccc2ncc(C(=O)N3CCCCC3CNC(=O)CCN)c(=O)n2c1.Cl. The van der Waals surface area contributed by atoms with Crippen LogP contribution in [0.1, 0.15) is 41.6 Å². The number of fused-ring (bicyclic) bond motifs is 1. The Morgan fingerprint density at radius 1 is 1.32 bits per heavy atom. The molecule has 1 fully saturated rings. The summed E-state index contributed by atoms with van der Waals surface area (Å²) >= 11 is 0. The van der Waals surface area contributed by atoms with Crippen molar-refractivity contribution in [2.75, 3.05) is 19.6 Å². The zero-order chi connectivity index (χ0) is 19.4. The molecule has 0 aromatic carbocycles. The quantitative estimate of drug-likeness (QED) is 0.764. The van der Waals surface area contributed by atoms with Gasteiger partial charge in [-0.15, -0.1) is 12.4 Å². The third-order valence-corrected chi connectivity index (χ3v) is 4.87. The van der Waals surface area contributed by atoms with Crippen molar-refractivity contribution >= 4 is 29.9 Å². The van der Waals surface area contributed by atoms with Crippen LogP contribution in [0, 0.1) is 6.92 Å². The molecule has 2 aromatic rings. The Balaban J connectivity index is 0.00000280. The van der Waals surface area contributed by atoms with Gasteiger partial charge in [-0.05, 0) is 37.8 Å². The van der Waals surface area contributed by atoms with Gasteiger partial charge in [-0.2, -0.15) is 0 Å². The first-order valence-corrected chi connectivity index (χ1v) is 9.27. The van der Waals surface area contributed by atoms with E-state index in [1.54, 1.807) is 17.2 Å². The lowest BCUT2D eigenvalue weighted by atomic mass is 10.0. The normalized spacial score (nSPS) is 16.5. The fraction of sp³-hybridized carbons (Fsp3) is 0.474. The molecule has 1 unspecified atom stereocenters. The second-order valence-corrected chi connectivity index (χ2v) is 6.90. The van der Waals surface area contributed by atoms with Gasteiger partial charge in [0.2, 0.25) is 5.91 Å². The number of hydrogen-bond acceptors (Lipinski definition) is 5. The van der Waals surface area contributed by atoms with E-state index in [1.807, 2.05) is 13.0 Å². The van der Waals surface area contributed by atoms with Gasteiger partial charge in [0.25, 0.3) is 11.5 Å². The summed E-state index contributed by atoms with van der Waals surface area (Å²) in [6.45, 7) is 3.10. The summed E-state index contributed by atoms with van der Waals surface area (Å²) in [5.41, 5.74) is 6.49. The maximum Gasteiger partial charge on any atom is 0.270 e. The molecule has 0 aliphatic carbocycles. The lowest BCUT2D eigenvalue weighted by molar-refractivity contribution is -0.121. The van der Waals surface area contributed by atoms with Gasteiger partial charge in [0.05, 0.1) is 0 Å². The monoisotopic (exact) mass is 407 g/mol. The highest BCUT2D eigenvalue weighted by Gasteiger charge is 2.29. The van der Waals surface area contributed by atoms with Crippen LogP contribution in [-0.4, -0.2) is 51.8 Å². The van der Waals surface area contributed by atoms with Crippen LogP contribution in [0.5, 0.6) is 0 Å². The molecule has 152 valence electrons. The number of nitrogens with one attached hydrogen (secondary N) is 1. The van der Waals surface area contributed by atoms with E-state index in [4.69, 9.17) is 5.73 Å². The van der Waals surface area contributed by atoms with E-state index in [2.05, 4.69) is 10.3 Å². The topological polar surface area (TPSA) is 110 Å². The number of aryl methyl sites for hydroxylation is 1. The Kier molecular flexibility index (Phi) is 7.53. The molecule has 1 aliphatic rings. The minimum absolute atomic E-state index is 0. The van der Waals surface area contributed by atoms with Crippen LogP contribution in [0.15, 0.2) is 29.3 Å². The van der Waals surface area contributed by atoms with Crippen LogP contribution in [0.2, 0.25) is 0 Å². The Bertz CT molecular complexity index is 914. The third kappa shape index (κ3) is 4.69. The van der Waals surface area contributed by atoms with Crippen LogP contribution in [0.4, 0.5) is 0 Å². The van der Waals surface area contributed by atoms with Gasteiger partial charge < -0.3 is 16.0 Å². The van der Waals surface area contributed by atoms with E-state index in [9.17, 15) is 14.4 Å². The first-order chi connectivity index (χ1) is 13.0. The molecule has 1 aliphatic heterocycles. The summed E-state index contributed by atoms with van der Waals surface area (Å²) < 4.78 is 1.41. The molecule has 28 heavy (non-hydrogen) atoms. The Hall–Kier alpha value is -2.45. The number of carbonyl (C=O) groups excluding carboxylic acids is 2. The summed E-state index contributed by atoms with van der Waals surface area (Å²) in [4.78, 5) is 43.5. The number of nitrogens with zero attached hydrogens (tertiary/aromatic N) is 3. The average molecular weight is 408 g/mol. The van der Waals surface area contributed by atoms with E-state index >= 15 is 0 Å². The Morgan fingerprint density at radius 2 is 2.11 bits per heavy atom. The highest BCUT2D eigenvalue weighted by molar-refractivity contribution is 5.94. The fourth-order valence-electron chi connectivity index (χ4n) is 3.42. The van der Waals surface area contributed by atoms with Crippen LogP contribution in [0.3, 0.4) is 0 Å². The lowest BCUT2D eigenvalue weighted by Crippen LogP contribution is -2.50. The van der Waals surface area contributed by atoms with Crippen molar-refractivity contribution in [3.8, 4) is 0 Å². The molecule has 1 atom stereocenters. The minimum atomic E-state index is -0.370. The smallest absolute Gasteiger partial charge is 0.270 e. The molecule has 3 N–H and O–H groups in total. The van der Waals surface area contributed by atoms with Gasteiger partial charge in [0.15, 0.2) is 0 Å². The molecule has 2 aromatic heterocycles. The number of pyridine rings is 1. The molecule has 3 heterocycles. The number of aromatic nitrogens is 2. The van der Waals surface area contributed by atoms with Crippen molar-refractivity contribution in [3.05, 3.63) is 46.0 Å². The number of carbonyl (C=O) groups is 2. The molecule has 9 heteroatoms. The summed E-state index contributed by atoms with van der Waals surface area (Å²) in [6.07, 6.45) is 5.94. The van der Waals surface area contributed by atoms with E-state index < -0.39 is 0 Å². The van der Waals surface area contributed by atoms with E-state index in [0.29, 0.717) is 18.7 Å². The van der Waals surface area contributed by atoms with Crippen LogP contribution < -0.4 is 16.6 Å². The van der Waals surface area contributed by atoms with Crippen LogP contribution in [-0.2, 0) is 4.79 Å². The molecule has 3 rings (SSSR count). The molecular formula is C19H26ClN5O3. The van der Waals surface area contributed by atoms with E-state index in [0.717, 1.165) is 24.8 Å². The Morgan fingerprint density at radius 3 is 2.86 bits per heavy atom. The van der Waals surface area contributed by atoms with Gasteiger partial charge in [0, 0.05) is 44.5 Å². The molecule has 0 spiro atoms. The largest absolute Gasteiger partial charge is 0.354 e. The highest BCUT2D eigenvalue weighted by Crippen LogP contribution is 2.18. The van der Waals surface area contributed by atoms with Crippen molar-refractivity contribution in [1.29, 1.82) is 0 Å². The van der Waals surface area contributed by atoms with Crippen LogP contribution >= 0.6 is 12.4 Å². The Labute approximate surface area is 169 Å². The van der Waals surface area contributed by atoms with Gasteiger partial charge >= 0.3 is 0 Å². The van der Waals surface area contributed by atoms with Crippen LogP contribution in [0.25, 0.3) is 5.65 Å². The molecule has 0 bridgehead atoms. The summed E-state index contributed by atoms with van der Waals surface area (Å²) in [5.74, 6) is -0.459. The summed E-state index contributed by atoms with van der Waals surface area (Å²) in [7, 11) is 0. The van der Waals surface area contributed by atoms with E-state index in [-0.39, 0.29) is 54.4 Å². The molecule has 2 amide bonds. The third-order valence-electron chi connectivity index (χ3n) is 4.87. The number of nitrogens with two attached hydrogens (primary N) is 1. The molecule has 1 saturated heterocycles. The summed E-state index contributed by atoms with van der Waals surface area (Å²) in [6, 6.07) is 3.49. The zero-order valence-corrected chi connectivity index (χ0v) is 16.7.